The number of amides is 1. The molecule has 0 saturated heterocycles. The first-order valence-electron chi connectivity index (χ1n) is 7.10. The minimum atomic E-state index is -4.85. The molecule has 8 heteroatoms. The molecule has 0 bridgehead atoms. The Morgan fingerprint density at radius 3 is 2.38 bits per heavy atom. The molecule has 0 spiro atoms. The number of alkyl halides is 3. The molecule has 0 atom stereocenters. The summed E-state index contributed by atoms with van der Waals surface area (Å²) >= 11 is 3.13. The van der Waals surface area contributed by atoms with Gasteiger partial charge in [-0.2, -0.15) is 13.2 Å². The van der Waals surface area contributed by atoms with Crippen molar-refractivity contribution in [3.05, 3.63) is 46.7 Å². The molecule has 2 N–H and O–H groups in total. The zero-order valence-corrected chi connectivity index (χ0v) is 13.9. The fourth-order valence-electron chi connectivity index (χ4n) is 2.31. The molecular formula is C16H13F3N2OS2. The van der Waals surface area contributed by atoms with E-state index in [0.717, 1.165) is 26.7 Å². The minimum Gasteiger partial charge on any atom is -0.353 e. The van der Waals surface area contributed by atoms with Gasteiger partial charge in [0.05, 0.1) is 21.1 Å². The Morgan fingerprint density at radius 1 is 1.12 bits per heavy atom. The summed E-state index contributed by atoms with van der Waals surface area (Å²) in [6.07, 6.45) is -4.53. The normalized spacial score (nSPS) is 11.6. The SMILES string of the molecule is O=C(NCCc1cc(-c2cccs2)[nH]c1-c1cccs1)C(F)(F)F. The van der Waals surface area contributed by atoms with Crippen LogP contribution in [-0.2, 0) is 11.2 Å². The van der Waals surface area contributed by atoms with Gasteiger partial charge in [0.2, 0.25) is 0 Å². The van der Waals surface area contributed by atoms with Crippen molar-refractivity contribution in [2.45, 2.75) is 12.6 Å². The Hall–Kier alpha value is -2.06. The summed E-state index contributed by atoms with van der Waals surface area (Å²) in [7, 11) is 0. The molecule has 3 rings (SSSR count). The molecule has 0 aliphatic heterocycles. The summed E-state index contributed by atoms with van der Waals surface area (Å²) in [4.78, 5) is 16.3. The van der Waals surface area contributed by atoms with Crippen molar-refractivity contribution in [2.24, 2.45) is 0 Å². The van der Waals surface area contributed by atoms with Gasteiger partial charge >= 0.3 is 12.1 Å². The molecule has 3 heterocycles. The van der Waals surface area contributed by atoms with Crippen LogP contribution in [0.3, 0.4) is 0 Å². The first kappa shape index (κ1) is 16.8. The van der Waals surface area contributed by atoms with Crippen LogP contribution in [0.4, 0.5) is 13.2 Å². The highest BCUT2D eigenvalue weighted by Gasteiger charge is 2.38. The standard InChI is InChI=1S/C16H13F3N2OS2/c17-16(18,19)15(22)20-6-5-10-9-11(12-3-1-7-23-12)21-14(10)13-4-2-8-24-13/h1-4,7-9,21H,5-6H2,(H,20,22). The number of carbonyl (C=O) groups is 1. The van der Waals surface area contributed by atoms with Gasteiger partial charge < -0.3 is 10.3 Å². The number of nitrogens with one attached hydrogen (secondary N) is 2. The van der Waals surface area contributed by atoms with Crippen LogP contribution in [0.1, 0.15) is 5.56 Å². The van der Waals surface area contributed by atoms with Crippen molar-refractivity contribution in [3.63, 3.8) is 0 Å². The second-order valence-corrected chi connectivity index (χ2v) is 6.94. The average Bonchev–Trinajstić information content (AvgIpc) is 3.26. The highest BCUT2D eigenvalue weighted by atomic mass is 32.1. The predicted molar refractivity (Wildman–Crippen MR) is 90.2 cm³/mol. The van der Waals surface area contributed by atoms with Crippen LogP contribution in [0.15, 0.2) is 41.1 Å². The molecule has 24 heavy (non-hydrogen) atoms. The molecular weight excluding hydrogens is 357 g/mol. The molecule has 0 unspecified atom stereocenters. The van der Waals surface area contributed by atoms with Crippen LogP contribution in [0.25, 0.3) is 21.1 Å². The van der Waals surface area contributed by atoms with Gasteiger partial charge in [0.25, 0.3) is 0 Å². The molecule has 3 aromatic heterocycles. The Morgan fingerprint density at radius 2 is 1.79 bits per heavy atom. The van der Waals surface area contributed by atoms with Crippen LogP contribution in [-0.4, -0.2) is 23.6 Å². The number of hydrogen-bond acceptors (Lipinski definition) is 3. The van der Waals surface area contributed by atoms with E-state index in [2.05, 4.69) is 4.98 Å². The fraction of sp³-hybridized carbons (Fsp3) is 0.188. The Labute approximate surface area is 144 Å². The molecule has 0 aliphatic rings. The predicted octanol–water partition coefficient (Wildman–Crippen LogP) is 4.69. The van der Waals surface area contributed by atoms with Gasteiger partial charge in [0.15, 0.2) is 0 Å². The maximum absolute atomic E-state index is 12.3. The zero-order chi connectivity index (χ0) is 17.2. The summed E-state index contributed by atoms with van der Waals surface area (Å²) < 4.78 is 36.8. The number of hydrogen-bond donors (Lipinski definition) is 2. The van der Waals surface area contributed by atoms with E-state index in [9.17, 15) is 18.0 Å². The van der Waals surface area contributed by atoms with Gasteiger partial charge in [-0.05, 0) is 40.9 Å². The van der Waals surface area contributed by atoms with Crippen LogP contribution in [0.2, 0.25) is 0 Å². The maximum atomic E-state index is 12.3. The zero-order valence-electron chi connectivity index (χ0n) is 12.3. The molecule has 0 radical (unpaired) electrons. The number of carbonyl (C=O) groups excluding carboxylic acids is 1. The highest BCUT2D eigenvalue weighted by molar-refractivity contribution is 7.14. The van der Waals surface area contributed by atoms with Gasteiger partial charge in [0.1, 0.15) is 0 Å². The largest absolute Gasteiger partial charge is 0.471 e. The quantitative estimate of drug-likeness (QED) is 0.672. The first-order valence-corrected chi connectivity index (χ1v) is 8.86. The number of thiophene rings is 2. The van der Waals surface area contributed by atoms with Crippen LogP contribution in [0, 0.1) is 0 Å². The maximum Gasteiger partial charge on any atom is 0.471 e. The number of H-pyrrole nitrogens is 1. The van der Waals surface area contributed by atoms with Crippen molar-refractivity contribution >= 4 is 28.6 Å². The van der Waals surface area contributed by atoms with E-state index in [-0.39, 0.29) is 6.54 Å². The second-order valence-electron chi connectivity index (χ2n) is 5.04. The molecule has 3 nitrogen and oxygen atoms in total. The molecule has 0 aliphatic carbocycles. The molecule has 3 aromatic rings. The summed E-state index contributed by atoms with van der Waals surface area (Å²) in [6.45, 7) is -0.0710. The van der Waals surface area contributed by atoms with E-state index in [1.54, 1.807) is 22.7 Å². The van der Waals surface area contributed by atoms with Crippen molar-refractivity contribution in [3.8, 4) is 21.1 Å². The lowest BCUT2D eigenvalue weighted by atomic mass is 10.1. The van der Waals surface area contributed by atoms with E-state index in [4.69, 9.17) is 0 Å². The lowest BCUT2D eigenvalue weighted by Gasteiger charge is -2.07. The van der Waals surface area contributed by atoms with Gasteiger partial charge in [-0.1, -0.05) is 12.1 Å². The summed E-state index contributed by atoms with van der Waals surface area (Å²) in [5.41, 5.74) is 2.68. The number of aromatic amines is 1. The van der Waals surface area contributed by atoms with Crippen LogP contribution < -0.4 is 5.32 Å². The molecule has 0 fully saturated rings. The van der Waals surface area contributed by atoms with Crippen LogP contribution in [0.5, 0.6) is 0 Å². The second kappa shape index (κ2) is 6.82. The van der Waals surface area contributed by atoms with Gasteiger partial charge in [-0.3, -0.25) is 4.79 Å². The third-order valence-electron chi connectivity index (χ3n) is 3.39. The van der Waals surface area contributed by atoms with Crippen molar-refractivity contribution in [1.82, 2.24) is 10.3 Å². The van der Waals surface area contributed by atoms with Gasteiger partial charge in [-0.25, -0.2) is 0 Å². The smallest absolute Gasteiger partial charge is 0.353 e. The summed E-state index contributed by atoms with van der Waals surface area (Å²) in [5, 5.41) is 5.82. The van der Waals surface area contributed by atoms with Crippen molar-refractivity contribution < 1.29 is 18.0 Å². The molecule has 0 saturated carbocycles. The number of rotatable bonds is 5. The fourth-order valence-corrected chi connectivity index (χ4v) is 3.77. The van der Waals surface area contributed by atoms with Crippen molar-refractivity contribution in [1.29, 1.82) is 0 Å². The van der Waals surface area contributed by atoms with Crippen LogP contribution >= 0.6 is 22.7 Å². The number of halogens is 3. The Bertz CT molecular complexity index is 805. The number of aromatic nitrogens is 1. The lowest BCUT2D eigenvalue weighted by Crippen LogP contribution is -2.37. The Balaban J connectivity index is 1.80. The summed E-state index contributed by atoms with van der Waals surface area (Å²) in [5.74, 6) is -1.91. The van der Waals surface area contributed by atoms with Gasteiger partial charge in [0, 0.05) is 6.54 Å². The first-order chi connectivity index (χ1) is 11.4. The Kier molecular flexibility index (Phi) is 4.77. The van der Waals surface area contributed by atoms with E-state index >= 15 is 0 Å². The van der Waals surface area contributed by atoms with Crippen molar-refractivity contribution in [2.75, 3.05) is 6.54 Å². The topological polar surface area (TPSA) is 44.9 Å². The molecule has 0 aromatic carbocycles. The molecule has 126 valence electrons. The average molecular weight is 370 g/mol. The van der Waals surface area contributed by atoms with Gasteiger partial charge in [-0.15, -0.1) is 22.7 Å². The molecule has 1 amide bonds. The monoisotopic (exact) mass is 370 g/mol. The minimum absolute atomic E-state index is 0.0710. The van der Waals surface area contributed by atoms with E-state index in [1.807, 2.05) is 46.4 Å². The highest BCUT2D eigenvalue weighted by Crippen LogP contribution is 2.33. The van der Waals surface area contributed by atoms with E-state index in [1.165, 1.54) is 0 Å². The van der Waals surface area contributed by atoms with E-state index < -0.39 is 12.1 Å². The van der Waals surface area contributed by atoms with E-state index in [0.29, 0.717) is 6.42 Å². The third kappa shape index (κ3) is 3.70. The summed E-state index contributed by atoms with van der Waals surface area (Å²) in [6, 6.07) is 9.72. The third-order valence-corrected chi connectivity index (χ3v) is 5.18. The lowest BCUT2D eigenvalue weighted by molar-refractivity contribution is -0.173.